The Balaban J connectivity index is 3.75. The summed E-state index contributed by atoms with van der Waals surface area (Å²) < 4.78 is 0. The lowest BCUT2D eigenvalue weighted by Gasteiger charge is -1.97. The van der Waals surface area contributed by atoms with E-state index in [9.17, 15) is 0 Å². The summed E-state index contributed by atoms with van der Waals surface area (Å²) in [5.41, 5.74) is 0. The van der Waals surface area contributed by atoms with Crippen molar-refractivity contribution in [2.75, 3.05) is 6.61 Å². The fraction of sp³-hybridized carbons (Fsp3) is 0.500. The standard InChI is InChI=1S/C8H14O2/c1-3-8(10)5-4-7(2)6-9/h3-5,7,9-10H,6H2,1-2H3/b5-4-,8-3+. The SMILES string of the molecule is C/C=C(O)\C=C/C(C)CO. The van der Waals surface area contributed by atoms with E-state index in [0.717, 1.165) is 0 Å². The van der Waals surface area contributed by atoms with Gasteiger partial charge in [-0.1, -0.05) is 13.0 Å². The van der Waals surface area contributed by atoms with E-state index in [-0.39, 0.29) is 18.3 Å². The molecule has 2 heteroatoms. The molecular weight excluding hydrogens is 128 g/mol. The number of rotatable bonds is 3. The molecule has 0 aromatic heterocycles. The van der Waals surface area contributed by atoms with E-state index in [0.29, 0.717) is 0 Å². The van der Waals surface area contributed by atoms with E-state index in [1.54, 1.807) is 25.2 Å². The van der Waals surface area contributed by atoms with Crippen molar-refractivity contribution in [2.45, 2.75) is 13.8 Å². The molecule has 0 radical (unpaired) electrons. The van der Waals surface area contributed by atoms with Crippen molar-refractivity contribution >= 4 is 0 Å². The van der Waals surface area contributed by atoms with Gasteiger partial charge in [-0.3, -0.25) is 0 Å². The quantitative estimate of drug-likeness (QED) is 0.464. The molecule has 0 fully saturated rings. The van der Waals surface area contributed by atoms with Gasteiger partial charge in [-0.05, 0) is 25.0 Å². The molecule has 0 rings (SSSR count). The summed E-state index contributed by atoms with van der Waals surface area (Å²) in [6.45, 7) is 3.75. The molecule has 1 unspecified atom stereocenters. The van der Waals surface area contributed by atoms with Crippen LogP contribution in [-0.4, -0.2) is 16.8 Å². The third-order valence-corrected chi connectivity index (χ3v) is 1.18. The van der Waals surface area contributed by atoms with Crippen molar-refractivity contribution in [3.8, 4) is 0 Å². The zero-order valence-electron chi connectivity index (χ0n) is 6.41. The maximum atomic E-state index is 8.90. The Morgan fingerprint density at radius 1 is 1.60 bits per heavy atom. The molecule has 0 bridgehead atoms. The van der Waals surface area contributed by atoms with Crippen LogP contribution < -0.4 is 0 Å². The normalized spacial score (nSPS) is 16.1. The molecule has 0 aliphatic heterocycles. The fourth-order valence-corrected chi connectivity index (χ4v) is 0.420. The van der Waals surface area contributed by atoms with Gasteiger partial charge in [0, 0.05) is 6.61 Å². The van der Waals surface area contributed by atoms with Crippen LogP contribution in [-0.2, 0) is 0 Å². The van der Waals surface area contributed by atoms with Gasteiger partial charge < -0.3 is 10.2 Å². The minimum atomic E-state index is 0.113. The van der Waals surface area contributed by atoms with Gasteiger partial charge in [-0.25, -0.2) is 0 Å². The first kappa shape index (κ1) is 9.24. The summed E-state index contributed by atoms with van der Waals surface area (Å²) in [5, 5.41) is 17.5. The third-order valence-electron chi connectivity index (χ3n) is 1.18. The zero-order valence-corrected chi connectivity index (χ0v) is 6.41. The highest BCUT2D eigenvalue weighted by atomic mass is 16.3. The summed E-state index contributed by atoms with van der Waals surface area (Å²) in [5.74, 6) is 0.349. The number of allylic oxidation sites excluding steroid dienone is 2. The largest absolute Gasteiger partial charge is 0.508 e. The molecule has 0 aromatic rings. The second kappa shape index (κ2) is 5.06. The average molecular weight is 142 g/mol. The van der Waals surface area contributed by atoms with Crippen LogP contribution in [0.5, 0.6) is 0 Å². The Kier molecular flexibility index (Phi) is 4.67. The fourth-order valence-electron chi connectivity index (χ4n) is 0.420. The maximum Gasteiger partial charge on any atom is 0.111 e. The predicted molar refractivity (Wildman–Crippen MR) is 41.8 cm³/mol. The molecule has 2 N–H and O–H groups in total. The molecule has 58 valence electrons. The first-order chi connectivity index (χ1) is 4.70. The monoisotopic (exact) mass is 142 g/mol. The van der Waals surface area contributed by atoms with Crippen LogP contribution in [0.1, 0.15) is 13.8 Å². The lowest BCUT2D eigenvalue weighted by Crippen LogP contribution is -1.94. The van der Waals surface area contributed by atoms with Crippen molar-refractivity contribution in [3.63, 3.8) is 0 Å². The van der Waals surface area contributed by atoms with Gasteiger partial charge >= 0.3 is 0 Å². The Morgan fingerprint density at radius 2 is 2.20 bits per heavy atom. The Hall–Kier alpha value is -0.760. The molecule has 0 saturated carbocycles. The van der Waals surface area contributed by atoms with Crippen molar-refractivity contribution < 1.29 is 10.2 Å². The molecule has 1 atom stereocenters. The van der Waals surface area contributed by atoms with Crippen LogP contribution in [0.2, 0.25) is 0 Å². The van der Waals surface area contributed by atoms with E-state index in [1.807, 2.05) is 6.92 Å². The van der Waals surface area contributed by atoms with E-state index < -0.39 is 0 Å². The molecule has 0 saturated heterocycles. The number of aliphatic hydroxyl groups excluding tert-OH is 2. The Labute approximate surface area is 61.5 Å². The maximum absolute atomic E-state index is 8.90. The number of aliphatic hydroxyl groups is 2. The van der Waals surface area contributed by atoms with Crippen molar-refractivity contribution in [3.05, 3.63) is 24.0 Å². The first-order valence-corrected chi connectivity index (χ1v) is 3.35. The summed E-state index contributed by atoms with van der Waals surface area (Å²) >= 11 is 0. The summed E-state index contributed by atoms with van der Waals surface area (Å²) in [6, 6.07) is 0. The lowest BCUT2D eigenvalue weighted by atomic mass is 10.2. The van der Waals surface area contributed by atoms with Gasteiger partial charge in [-0.2, -0.15) is 0 Å². The molecule has 0 amide bonds. The number of hydrogen-bond donors (Lipinski definition) is 2. The highest BCUT2D eigenvalue weighted by molar-refractivity contribution is 5.09. The van der Waals surface area contributed by atoms with Crippen LogP contribution in [0.15, 0.2) is 24.0 Å². The van der Waals surface area contributed by atoms with Gasteiger partial charge in [0.15, 0.2) is 0 Å². The van der Waals surface area contributed by atoms with Gasteiger partial charge in [0.2, 0.25) is 0 Å². The zero-order chi connectivity index (χ0) is 7.98. The highest BCUT2D eigenvalue weighted by Crippen LogP contribution is 1.98. The van der Waals surface area contributed by atoms with Crippen molar-refractivity contribution in [2.24, 2.45) is 5.92 Å². The van der Waals surface area contributed by atoms with E-state index in [2.05, 4.69) is 0 Å². The summed E-state index contributed by atoms with van der Waals surface area (Å²) in [7, 11) is 0. The number of hydrogen-bond acceptors (Lipinski definition) is 2. The van der Waals surface area contributed by atoms with Crippen LogP contribution in [0, 0.1) is 5.92 Å². The predicted octanol–water partition coefficient (Wildman–Crippen LogP) is 1.63. The molecular formula is C8H14O2. The third kappa shape index (κ3) is 4.15. The summed E-state index contributed by atoms with van der Waals surface area (Å²) in [4.78, 5) is 0. The molecule has 10 heavy (non-hydrogen) atoms. The summed E-state index contributed by atoms with van der Waals surface area (Å²) in [6.07, 6.45) is 4.94. The van der Waals surface area contributed by atoms with Crippen molar-refractivity contribution in [1.82, 2.24) is 0 Å². The Bertz CT molecular complexity index is 136. The minimum absolute atomic E-state index is 0.113. The van der Waals surface area contributed by atoms with E-state index >= 15 is 0 Å². The molecule has 0 aliphatic rings. The highest BCUT2D eigenvalue weighted by Gasteiger charge is 1.91. The van der Waals surface area contributed by atoms with Gasteiger partial charge in [-0.15, -0.1) is 0 Å². The van der Waals surface area contributed by atoms with Crippen molar-refractivity contribution in [1.29, 1.82) is 0 Å². The Morgan fingerprint density at radius 3 is 2.60 bits per heavy atom. The van der Waals surface area contributed by atoms with E-state index in [4.69, 9.17) is 10.2 Å². The van der Waals surface area contributed by atoms with Crippen LogP contribution in [0.4, 0.5) is 0 Å². The van der Waals surface area contributed by atoms with E-state index in [1.165, 1.54) is 0 Å². The molecule has 0 aliphatic carbocycles. The second-order valence-electron chi connectivity index (χ2n) is 2.23. The molecule has 0 heterocycles. The second-order valence-corrected chi connectivity index (χ2v) is 2.23. The average Bonchev–Trinajstić information content (AvgIpc) is 1.99. The molecule has 0 aromatic carbocycles. The molecule has 0 spiro atoms. The smallest absolute Gasteiger partial charge is 0.111 e. The molecule has 2 nitrogen and oxygen atoms in total. The topological polar surface area (TPSA) is 40.5 Å². The van der Waals surface area contributed by atoms with Gasteiger partial charge in [0.25, 0.3) is 0 Å². The first-order valence-electron chi connectivity index (χ1n) is 3.35. The van der Waals surface area contributed by atoms with Gasteiger partial charge in [0.1, 0.15) is 5.76 Å². The van der Waals surface area contributed by atoms with Crippen LogP contribution >= 0.6 is 0 Å². The van der Waals surface area contributed by atoms with Gasteiger partial charge in [0.05, 0.1) is 0 Å². The lowest BCUT2D eigenvalue weighted by molar-refractivity contribution is 0.261. The van der Waals surface area contributed by atoms with Crippen LogP contribution in [0.25, 0.3) is 0 Å². The van der Waals surface area contributed by atoms with Crippen LogP contribution in [0.3, 0.4) is 0 Å². The minimum Gasteiger partial charge on any atom is -0.508 e.